The largest absolute Gasteiger partial charge is 0.380 e. The summed E-state index contributed by atoms with van der Waals surface area (Å²) < 4.78 is 5.14. The molecule has 1 unspecified atom stereocenters. The first-order valence-corrected chi connectivity index (χ1v) is 9.09. The number of nitrogens with zero attached hydrogens (tertiary/aromatic N) is 2. The quantitative estimate of drug-likeness (QED) is 0.567. The summed E-state index contributed by atoms with van der Waals surface area (Å²) in [6.45, 7) is 9.88. The first kappa shape index (κ1) is 18.7. The van der Waals surface area contributed by atoms with Gasteiger partial charge in [0.1, 0.15) is 0 Å². The third kappa shape index (κ3) is 5.80. The van der Waals surface area contributed by atoms with Crippen LogP contribution in [-0.4, -0.2) is 50.2 Å². The Bertz CT molecular complexity index is 501. The monoisotopic (exact) mass is 332 g/mol. The van der Waals surface area contributed by atoms with E-state index >= 15 is 0 Å². The SMILES string of the molecule is CCNC(=NCc1ccc(COC)cc1)NCC1CCCN1CC. The first-order valence-electron chi connectivity index (χ1n) is 9.09. The van der Waals surface area contributed by atoms with E-state index in [9.17, 15) is 0 Å². The van der Waals surface area contributed by atoms with Gasteiger partial charge >= 0.3 is 0 Å². The highest BCUT2D eigenvalue weighted by Crippen LogP contribution is 2.15. The van der Waals surface area contributed by atoms with E-state index in [1.54, 1.807) is 7.11 Å². The highest BCUT2D eigenvalue weighted by Gasteiger charge is 2.22. The summed E-state index contributed by atoms with van der Waals surface area (Å²) in [5.41, 5.74) is 2.40. The van der Waals surface area contributed by atoms with Crippen molar-refractivity contribution < 1.29 is 4.74 Å². The minimum atomic E-state index is 0.632. The number of aliphatic imine (C=N–C) groups is 1. The minimum Gasteiger partial charge on any atom is -0.380 e. The average molecular weight is 332 g/mol. The van der Waals surface area contributed by atoms with Crippen molar-refractivity contribution in [2.45, 2.75) is 45.9 Å². The third-order valence-corrected chi connectivity index (χ3v) is 4.51. The van der Waals surface area contributed by atoms with Crippen molar-refractivity contribution in [1.29, 1.82) is 0 Å². The summed E-state index contributed by atoms with van der Waals surface area (Å²) in [7, 11) is 1.72. The molecule has 0 radical (unpaired) electrons. The summed E-state index contributed by atoms with van der Waals surface area (Å²) in [5, 5.41) is 6.85. The number of hydrogen-bond donors (Lipinski definition) is 2. The molecule has 24 heavy (non-hydrogen) atoms. The number of ether oxygens (including phenoxy) is 1. The van der Waals surface area contributed by atoms with E-state index in [1.165, 1.54) is 30.5 Å². The summed E-state index contributed by atoms with van der Waals surface area (Å²) >= 11 is 0. The zero-order valence-electron chi connectivity index (χ0n) is 15.3. The van der Waals surface area contributed by atoms with Crippen LogP contribution >= 0.6 is 0 Å². The molecule has 2 N–H and O–H groups in total. The van der Waals surface area contributed by atoms with E-state index in [1.807, 2.05) is 0 Å². The summed E-state index contributed by atoms with van der Waals surface area (Å²) in [6, 6.07) is 9.08. The Morgan fingerprint density at radius 2 is 1.96 bits per heavy atom. The maximum atomic E-state index is 5.14. The highest BCUT2D eigenvalue weighted by molar-refractivity contribution is 5.79. The molecule has 0 aliphatic carbocycles. The van der Waals surface area contributed by atoms with Crippen LogP contribution in [-0.2, 0) is 17.9 Å². The van der Waals surface area contributed by atoms with Crippen molar-refractivity contribution in [2.75, 3.05) is 33.3 Å². The third-order valence-electron chi connectivity index (χ3n) is 4.51. The molecule has 0 bridgehead atoms. The molecule has 1 atom stereocenters. The van der Waals surface area contributed by atoms with Crippen LogP contribution in [0.15, 0.2) is 29.3 Å². The van der Waals surface area contributed by atoms with E-state index < -0.39 is 0 Å². The summed E-state index contributed by atoms with van der Waals surface area (Å²) in [5.74, 6) is 0.904. The molecule has 134 valence electrons. The maximum absolute atomic E-state index is 5.14. The lowest BCUT2D eigenvalue weighted by atomic mass is 10.1. The van der Waals surface area contributed by atoms with Crippen LogP contribution in [0.1, 0.15) is 37.8 Å². The van der Waals surface area contributed by atoms with Crippen molar-refractivity contribution in [1.82, 2.24) is 15.5 Å². The Morgan fingerprint density at radius 1 is 1.21 bits per heavy atom. The fourth-order valence-electron chi connectivity index (χ4n) is 3.18. The zero-order chi connectivity index (χ0) is 17.2. The van der Waals surface area contributed by atoms with Gasteiger partial charge in [-0.25, -0.2) is 4.99 Å². The van der Waals surface area contributed by atoms with Gasteiger partial charge in [0, 0.05) is 26.2 Å². The van der Waals surface area contributed by atoms with Gasteiger partial charge in [0.2, 0.25) is 0 Å². The minimum absolute atomic E-state index is 0.632. The number of methoxy groups -OCH3 is 1. The molecule has 5 nitrogen and oxygen atoms in total. The van der Waals surface area contributed by atoms with Crippen molar-refractivity contribution in [3.8, 4) is 0 Å². The summed E-state index contributed by atoms with van der Waals surface area (Å²) in [4.78, 5) is 7.26. The van der Waals surface area contributed by atoms with Crippen LogP contribution in [0.2, 0.25) is 0 Å². The van der Waals surface area contributed by atoms with E-state index in [-0.39, 0.29) is 0 Å². The van der Waals surface area contributed by atoms with Gasteiger partial charge in [0.25, 0.3) is 0 Å². The summed E-state index contributed by atoms with van der Waals surface area (Å²) in [6.07, 6.45) is 2.59. The number of guanidine groups is 1. The van der Waals surface area contributed by atoms with Crippen LogP contribution in [0, 0.1) is 0 Å². The van der Waals surface area contributed by atoms with Crippen LogP contribution in [0.3, 0.4) is 0 Å². The van der Waals surface area contributed by atoms with Crippen LogP contribution in [0.4, 0.5) is 0 Å². The Balaban J connectivity index is 1.87. The second kappa shape index (κ2) is 10.3. The molecule has 1 aliphatic rings. The maximum Gasteiger partial charge on any atom is 0.191 e. The van der Waals surface area contributed by atoms with Crippen molar-refractivity contribution in [2.24, 2.45) is 4.99 Å². The van der Waals surface area contributed by atoms with Gasteiger partial charge in [-0.1, -0.05) is 31.2 Å². The fraction of sp³-hybridized carbons (Fsp3) is 0.632. The van der Waals surface area contributed by atoms with Gasteiger partial charge in [-0.05, 0) is 44.0 Å². The number of benzene rings is 1. The van der Waals surface area contributed by atoms with Gasteiger partial charge in [0.15, 0.2) is 5.96 Å². The number of likely N-dealkylation sites (N-methyl/N-ethyl adjacent to an activating group) is 1. The van der Waals surface area contributed by atoms with Gasteiger partial charge in [-0.3, -0.25) is 4.90 Å². The molecule has 0 saturated carbocycles. The smallest absolute Gasteiger partial charge is 0.191 e. The van der Waals surface area contributed by atoms with Gasteiger partial charge in [0.05, 0.1) is 13.2 Å². The molecule has 1 aromatic carbocycles. The Labute approximate surface area is 146 Å². The molecule has 1 aliphatic heterocycles. The lowest BCUT2D eigenvalue weighted by Crippen LogP contribution is -2.44. The number of rotatable bonds is 8. The van der Waals surface area contributed by atoms with Gasteiger partial charge < -0.3 is 15.4 Å². The highest BCUT2D eigenvalue weighted by atomic mass is 16.5. The Morgan fingerprint density at radius 3 is 2.62 bits per heavy atom. The number of nitrogens with one attached hydrogen (secondary N) is 2. The number of likely N-dealkylation sites (tertiary alicyclic amines) is 1. The molecule has 1 aromatic rings. The van der Waals surface area contributed by atoms with E-state index in [0.717, 1.165) is 25.6 Å². The second-order valence-corrected chi connectivity index (χ2v) is 6.25. The molecular weight excluding hydrogens is 300 g/mol. The standard InChI is InChI=1S/C19H32N4O/c1-4-20-19(22-14-18-7-6-12-23(18)5-2)21-13-16-8-10-17(11-9-16)15-24-3/h8-11,18H,4-7,12-15H2,1-3H3,(H2,20,21,22). The lowest BCUT2D eigenvalue weighted by molar-refractivity contribution is 0.185. The Hall–Kier alpha value is -1.59. The second-order valence-electron chi connectivity index (χ2n) is 6.25. The lowest BCUT2D eigenvalue weighted by Gasteiger charge is -2.24. The molecule has 1 saturated heterocycles. The van der Waals surface area contributed by atoms with Gasteiger partial charge in [-0.2, -0.15) is 0 Å². The zero-order valence-corrected chi connectivity index (χ0v) is 15.3. The van der Waals surface area contributed by atoms with E-state index in [0.29, 0.717) is 19.2 Å². The van der Waals surface area contributed by atoms with E-state index in [2.05, 4.69) is 53.6 Å². The Kier molecular flexibility index (Phi) is 8.05. The molecular formula is C19H32N4O. The van der Waals surface area contributed by atoms with Crippen molar-refractivity contribution in [3.05, 3.63) is 35.4 Å². The predicted octanol–water partition coefficient (Wildman–Crippen LogP) is 2.37. The van der Waals surface area contributed by atoms with Crippen molar-refractivity contribution in [3.63, 3.8) is 0 Å². The molecule has 0 amide bonds. The normalized spacial score (nSPS) is 18.8. The average Bonchev–Trinajstić information content (AvgIpc) is 3.06. The molecule has 1 heterocycles. The van der Waals surface area contributed by atoms with Gasteiger partial charge in [-0.15, -0.1) is 0 Å². The topological polar surface area (TPSA) is 48.9 Å². The fourth-order valence-corrected chi connectivity index (χ4v) is 3.18. The number of hydrogen-bond acceptors (Lipinski definition) is 3. The molecule has 1 fully saturated rings. The van der Waals surface area contributed by atoms with Crippen molar-refractivity contribution >= 4 is 5.96 Å². The predicted molar refractivity (Wildman–Crippen MR) is 100 cm³/mol. The van der Waals surface area contributed by atoms with Crippen LogP contribution in [0.25, 0.3) is 0 Å². The van der Waals surface area contributed by atoms with Crippen LogP contribution < -0.4 is 10.6 Å². The molecule has 0 aromatic heterocycles. The molecule has 5 heteroatoms. The van der Waals surface area contributed by atoms with E-state index in [4.69, 9.17) is 9.73 Å². The molecule has 2 rings (SSSR count). The molecule has 0 spiro atoms. The first-order chi connectivity index (χ1) is 11.8. The van der Waals surface area contributed by atoms with Crippen LogP contribution in [0.5, 0.6) is 0 Å².